The SMILES string of the molecule is Cl.Cl.NC1=NCC2COCC[C@]2(c2cc(-c3cncnc3)c(F)cc2F)S1. The normalized spacial score (nSPS) is 24.1. The van der Waals surface area contributed by atoms with Crippen LogP contribution in [0.1, 0.15) is 12.0 Å². The second kappa shape index (κ2) is 8.68. The van der Waals surface area contributed by atoms with Gasteiger partial charge >= 0.3 is 0 Å². The lowest BCUT2D eigenvalue weighted by atomic mass is 9.80. The highest BCUT2D eigenvalue weighted by atomic mass is 35.5. The molecule has 2 atom stereocenters. The Morgan fingerprint density at radius 2 is 1.89 bits per heavy atom. The van der Waals surface area contributed by atoms with Gasteiger partial charge in [0.05, 0.1) is 11.4 Å². The third-order valence-electron chi connectivity index (χ3n) is 4.73. The van der Waals surface area contributed by atoms with Gasteiger partial charge in [-0.25, -0.2) is 18.7 Å². The van der Waals surface area contributed by atoms with Gasteiger partial charge in [-0.1, -0.05) is 11.8 Å². The standard InChI is InChI=1S/C17H16F2N4OS.2ClH/c18-14-4-15(19)13(3-12(14)10-5-21-9-22-6-10)17-1-2-24-8-11(17)7-23-16(20)25-17;;/h3-6,9,11H,1-2,7-8H2,(H2,20,23);2*1H/t11?,17-;;/m0../s1. The molecule has 2 N–H and O–H groups in total. The van der Waals surface area contributed by atoms with Crippen molar-refractivity contribution in [3.8, 4) is 11.1 Å². The van der Waals surface area contributed by atoms with Crippen LogP contribution in [-0.4, -0.2) is 34.9 Å². The van der Waals surface area contributed by atoms with Gasteiger partial charge in [0, 0.05) is 54.2 Å². The van der Waals surface area contributed by atoms with E-state index in [9.17, 15) is 8.78 Å². The van der Waals surface area contributed by atoms with Crippen molar-refractivity contribution in [2.75, 3.05) is 19.8 Å². The summed E-state index contributed by atoms with van der Waals surface area (Å²) in [5.74, 6) is -1.23. The molecule has 1 unspecified atom stereocenters. The van der Waals surface area contributed by atoms with E-state index in [0.29, 0.717) is 42.5 Å². The quantitative estimate of drug-likeness (QED) is 0.781. The van der Waals surface area contributed by atoms with Crippen LogP contribution in [0.4, 0.5) is 8.78 Å². The highest BCUT2D eigenvalue weighted by molar-refractivity contribution is 8.14. The third kappa shape index (κ3) is 3.89. The summed E-state index contributed by atoms with van der Waals surface area (Å²) in [6.45, 7) is 1.45. The second-order valence-corrected chi connectivity index (χ2v) is 7.48. The lowest BCUT2D eigenvalue weighted by Gasteiger charge is -2.45. The van der Waals surface area contributed by atoms with E-state index in [2.05, 4.69) is 15.0 Å². The minimum atomic E-state index is -0.640. The van der Waals surface area contributed by atoms with Gasteiger partial charge < -0.3 is 10.5 Å². The smallest absolute Gasteiger partial charge is 0.154 e. The van der Waals surface area contributed by atoms with Crippen molar-refractivity contribution in [2.45, 2.75) is 11.2 Å². The van der Waals surface area contributed by atoms with Crippen LogP contribution in [0.3, 0.4) is 0 Å². The van der Waals surface area contributed by atoms with Crippen LogP contribution in [0, 0.1) is 17.6 Å². The highest BCUT2D eigenvalue weighted by Crippen LogP contribution is 2.52. The van der Waals surface area contributed by atoms with Gasteiger partial charge in [0.15, 0.2) is 5.17 Å². The van der Waals surface area contributed by atoms with Gasteiger partial charge in [-0.3, -0.25) is 4.99 Å². The summed E-state index contributed by atoms with van der Waals surface area (Å²) in [5, 5.41) is 0.423. The van der Waals surface area contributed by atoms with Crippen LogP contribution < -0.4 is 5.73 Å². The summed E-state index contributed by atoms with van der Waals surface area (Å²) in [5.41, 5.74) is 7.16. The van der Waals surface area contributed by atoms with Gasteiger partial charge in [-0.15, -0.1) is 24.8 Å². The average molecular weight is 435 g/mol. The number of thioether (sulfide) groups is 1. The first-order valence-corrected chi connectivity index (χ1v) is 8.73. The zero-order chi connectivity index (χ0) is 17.4. The molecule has 2 aromatic rings. The largest absolute Gasteiger partial charge is 0.381 e. The highest BCUT2D eigenvalue weighted by Gasteiger charge is 2.48. The Labute approximate surface area is 172 Å². The Kier molecular flexibility index (Phi) is 7.02. The molecule has 0 bridgehead atoms. The monoisotopic (exact) mass is 434 g/mol. The minimum absolute atomic E-state index is 0. The number of ether oxygens (including phenoxy) is 1. The van der Waals surface area contributed by atoms with E-state index in [1.165, 1.54) is 30.5 Å². The first-order chi connectivity index (χ1) is 12.1. The molecule has 0 aliphatic carbocycles. The minimum Gasteiger partial charge on any atom is -0.381 e. The Hall–Kier alpha value is -1.48. The van der Waals surface area contributed by atoms with Crippen molar-refractivity contribution in [1.82, 2.24) is 9.97 Å². The predicted octanol–water partition coefficient (Wildman–Crippen LogP) is 3.56. The van der Waals surface area contributed by atoms with E-state index in [1.807, 2.05) is 0 Å². The molecule has 1 aromatic heterocycles. The maximum Gasteiger partial charge on any atom is 0.154 e. The zero-order valence-electron chi connectivity index (χ0n) is 14.1. The molecule has 5 nitrogen and oxygen atoms in total. The molecule has 2 aliphatic heterocycles. The number of amidine groups is 1. The van der Waals surface area contributed by atoms with Gasteiger partial charge in [-0.2, -0.15) is 0 Å². The van der Waals surface area contributed by atoms with Crippen LogP contribution in [0.2, 0.25) is 0 Å². The number of hydrogen-bond acceptors (Lipinski definition) is 6. The lowest BCUT2D eigenvalue weighted by molar-refractivity contribution is 0.0318. The number of aliphatic imine (C=N–C) groups is 1. The molecule has 0 radical (unpaired) electrons. The summed E-state index contributed by atoms with van der Waals surface area (Å²) in [4.78, 5) is 12.1. The van der Waals surface area contributed by atoms with Crippen molar-refractivity contribution in [1.29, 1.82) is 0 Å². The van der Waals surface area contributed by atoms with Crippen LogP contribution in [0.5, 0.6) is 0 Å². The number of nitrogens with zero attached hydrogens (tertiary/aromatic N) is 3. The van der Waals surface area contributed by atoms with E-state index >= 15 is 0 Å². The number of rotatable bonds is 2. The van der Waals surface area contributed by atoms with Crippen molar-refractivity contribution < 1.29 is 13.5 Å². The molecular weight excluding hydrogens is 417 g/mol. The van der Waals surface area contributed by atoms with Crippen molar-refractivity contribution in [3.63, 3.8) is 0 Å². The fraction of sp³-hybridized carbons (Fsp3) is 0.353. The second-order valence-electron chi connectivity index (χ2n) is 6.13. The van der Waals surface area contributed by atoms with E-state index in [4.69, 9.17) is 10.5 Å². The van der Waals surface area contributed by atoms with Crippen molar-refractivity contribution in [3.05, 3.63) is 48.1 Å². The predicted molar refractivity (Wildman–Crippen MR) is 107 cm³/mol. The molecular formula is C17H18Cl2F2N4OS. The Balaban J connectivity index is 0.00000131. The van der Waals surface area contributed by atoms with E-state index in [0.717, 1.165) is 6.07 Å². The van der Waals surface area contributed by atoms with E-state index < -0.39 is 16.4 Å². The Morgan fingerprint density at radius 3 is 2.63 bits per heavy atom. The summed E-state index contributed by atoms with van der Waals surface area (Å²) in [6.07, 6.45) is 4.98. The molecule has 27 heavy (non-hydrogen) atoms. The number of nitrogens with two attached hydrogens (primary N) is 1. The molecule has 1 aromatic carbocycles. The molecule has 0 amide bonds. The summed E-state index contributed by atoms with van der Waals surface area (Å²) < 4.78 is 34.2. The molecule has 4 rings (SSSR count). The third-order valence-corrected chi connectivity index (χ3v) is 6.19. The van der Waals surface area contributed by atoms with Crippen LogP contribution >= 0.6 is 36.6 Å². The van der Waals surface area contributed by atoms with E-state index in [-0.39, 0.29) is 36.3 Å². The molecule has 10 heteroatoms. The number of benzene rings is 1. The molecule has 1 saturated heterocycles. The van der Waals surface area contributed by atoms with Gasteiger partial charge in [0.25, 0.3) is 0 Å². The first-order valence-electron chi connectivity index (χ1n) is 7.92. The number of aromatic nitrogens is 2. The maximum atomic E-state index is 14.8. The lowest BCUT2D eigenvalue weighted by Crippen LogP contribution is -2.46. The molecule has 1 fully saturated rings. The molecule has 146 valence electrons. The average Bonchev–Trinajstić information content (AvgIpc) is 2.62. The summed E-state index contributed by atoms with van der Waals surface area (Å²) in [7, 11) is 0. The Bertz CT molecular complexity index is 843. The molecule has 0 saturated carbocycles. The molecule has 2 aliphatic rings. The first kappa shape index (κ1) is 21.8. The zero-order valence-corrected chi connectivity index (χ0v) is 16.5. The summed E-state index contributed by atoms with van der Waals surface area (Å²) >= 11 is 1.35. The van der Waals surface area contributed by atoms with E-state index in [1.54, 1.807) is 6.07 Å². The van der Waals surface area contributed by atoms with Gasteiger partial charge in [0.1, 0.15) is 18.0 Å². The number of fused-ring (bicyclic) bond motifs is 1. The summed E-state index contributed by atoms with van der Waals surface area (Å²) in [6, 6.07) is 2.49. The fourth-order valence-corrected chi connectivity index (χ4v) is 4.76. The fourth-order valence-electron chi connectivity index (χ4n) is 3.48. The number of halogens is 4. The van der Waals surface area contributed by atoms with Crippen LogP contribution in [0.25, 0.3) is 11.1 Å². The Morgan fingerprint density at radius 1 is 1.15 bits per heavy atom. The molecule has 3 heterocycles. The topological polar surface area (TPSA) is 73.4 Å². The maximum absolute atomic E-state index is 14.8. The van der Waals surface area contributed by atoms with Gasteiger partial charge in [-0.05, 0) is 12.5 Å². The van der Waals surface area contributed by atoms with Gasteiger partial charge in [0.2, 0.25) is 0 Å². The van der Waals surface area contributed by atoms with Crippen LogP contribution in [-0.2, 0) is 9.48 Å². The van der Waals surface area contributed by atoms with Crippen molar-refractivity contribution >= 4 is 41.7 Å². The van der Waals surface area contributed by atoms with Crippen molar-refractivity contribution in [2.24, 2.45) is 16.6 Å². The number of hydrogen-bond donors (Lipinski definition) is 1. The van der Waals surface area contributed by atoms with Crippen LogP contribution in [0.15, 0.2) is 35.8 Å². The molecule has 0 spiro atoms.